The molecular weight excluding hydrogens is 552 g/mol. The van der Waals surface area contributed by atoms with E-state index in [0.29, 0.717) is 12.8 Å². The summed E-state index contributed by atoms with van der Waals surface area (Å²) in [5.41, 5.74) is 12.9. The van der Waals surface area contributed by atoms with Gasteiger partial charge in [-0.05, 0) is 88.9 Å². The third-order valence-electron chi connectivity index (χ3n) is 8.28. The maximum Gasteiger partial charge on any atom is 0.407 e. The molecule has 0 fully saturated rings. The van der Waals surface area contributed by atoms with Crippen LogP contribution in [0.15, 0.2) is 5.11 Å². The van der Waals surface area contributed by atoms with Crippen molar-refractivity contribution < 1.29 is 23.5 Å². The Kier molecular flexibility index (Phi) is 15.1. The number of ether oxygens (including phenoxy) is 1. The fraction of sp³-hybridized carbons (Fsp3) is 0.900. The Bertz CT molecular complexity index is 949. The average Bonchev–Trinajstić information content (AvgIpc) is 2.79. The summed E-state index contributed by atoms with van der Waals surface area (Å²) in [6, 6.07) is -0.522. The summed E-state index contributed by atoms with van der Waals surface area (Å²) in [6.07, 6.45) is -0.305. The number of alkyl carbamates (subject to hydrolysis) is 1. The number of rotatable bonds is 16. The maximum atomic E-state index is 13.6. The molecule has 0 rings (SSSR count). The van der Waals surface area contributed by atoms with E-state index in [1.807, 2.05) is 13.8 Å². The van der Waals surface area contributed by atoms with Gasteiger partial charge >= 0.3 is 6.09 Å². The summed E-state index contributed by atoms with van der Waals surface area (Å²) in [5, 5.41) is 9.71. The van der Waals surface area contributed by atoms with Crippen molar-refractivity contribution in [3.63, 3.8) is 0 Å². The van der Waals surface area contributed by atoms with Gasteiger partial charge < -0.3 is 25.5 Å². The molecule has 4 atom stereocenters. The van der Waals surface area contributed by atoms with Gasteiger partial charge in [0.1, 0.15) is 5.60 Å². The number of hydrogen-bond donors (Lipinski definition) is 3. The molecule has 0 radical (unpaired) electrons. The molecule has 244 valence electrons. The van der Waals surface area contributed by atoms with Crippen LogP contribution in [0.1, 0.15) is 95.9 Å². The molecule has 0 aliphatic heterocycles. The van der Waals surface area contributed by atoms with Crippen LogP contribution in [0.3, 0.4) is 0 Å². The number of carbonyl (C=O) groups is 3. The highest BCUT2D eigenvalue weighted by Gasteiger charge is 2.43. The average molecular weight is 613 g/mol. The van der Waals surface area contributed by atoms with Gasteiger partial charge in [0.05, 0.1) is 17.6 Å². The molecule has 0 unspecified atom stereocenters. The first-order valence-electron chi connectivity index (χ1n) is 15.1. The largest absolute Gasteiger partial charge is 0.444 e. The van der Waals surface area contributed by atoms with E-state index in [4.69, 9.17) is 20.4 Å². The van der Waals surface area contributed by atoms with Gasteiger partial charge in [-0.1, -0.05) is 53.6 Å². The van der Waals surface area contributed by atoms with Gasteiger partial charge in [-0.2, -0.15) is 0 Å². The topological polar surface area (TPSA) is 169 Å². The molecule has 42 heavy (non-hydrogen) atoms. The van der Waals surface area contributed by atoms with Crippen molar-refractivity contribution in [2.45, 2.75) is 132 Å². The van der Waals surface area contributed by atoms with E-state index in [2.05, 4.69) is 68.4 Å². The van der Waals surface area contributed by atoms with Crippen molar-refractivity contribution in [1.82, 2.24) is 10.6 Å². The van der Waals surface area contributed by atoms with Crippen LogP contribution in [-0.4, -0.2) is 57.1 Å². The third-order valence-corrected chi connectivity index (χ3v) is 12.8. The van der Waals surface area contributed by atoms with Gasteiger partial charge in [0.15, 0.2) is 8.32 Å². The fourth-order valence-electron chi connectivity index (χ4n) is 4.10. The van der Waals surface area contributed by atoms with Crippen molar-refractivity contribution in [3.05, 3.63) is 10.4 Å². The summed E-state index contributed by atoms with van der Waals surface area (Å²) in [4.78, 5) is 41.6. The van der Waals surface area contributed by atoms with E-state index in [1.54, 1.807) is 34.6 Å². The zero-order valence-corrected chi connectivity index (χ0v) is 29.8. The lowest BCUT2D eigenvalue weighted by Crippen LogP contribution is -2.55. The Balaban J connectivity index is 6.73. The predicted molar refractivity (Wildman–Crippen MR) is 171 cm³/mol. The number of amides is 3. The molecule has 0 bridgehead atoms. The minimum atomic E-state index is -2.40. The second kappa shape index (κ2) is 16.0. The summed E-state index contributed by atoms with van der Waals surface area (Å²) < 4.78 is 12.6. The number of nitrogens with one attached hydrogen (secondary N) is 2. The first-order chi connectivity index (χ1) is 18.8. The SMILES string of the molecule is CC(C)[C@@H](CN=[N+]=[N-])C[C@H](NC(=O)OC(C)(C)C)[C@H](C[C@H](C(=O)NCC(C)(C)C(N)=O)C(C)C)O[Si](C)(C)C(C)(C)C. The molecule has 0 aliphatic rings. The van der Waals surface area contributed by atoms with Crippen LogP contribution in [-0.2, 0) is 18.8 Å². The number of nitrogens with zero attached hydrogens (tertiary/aromatic N) is 3. The zero-order chi connectivity index (χ0) is 33.3. The van der Waals surface area contributed by atoms with E-state index in [1.165, 1.54) is 0 Å². The van der Waals surface area contributed by atoms with Gasteiger partial charge in [0, 0.05) is 23.9 Å². The summed E-state index contributed by atoms with van der Waals surface area (Å²) in [5.74, 6) is -1.11. The Hall–Kier alpha value is -2.30. The smallest absolute Gasteiger partial charge is 0.407 e. The van der Waals surface area contributed by atoms with Gasteiger partial charge in [0.25, 0.3) is 0 Å². The molecular formula is C30H60N6O5Si. The van der Waals surface area contributed by atoms with Crippen molar-refractivity contribution >= 4 is 26.2 Å². The van der Waals surface area contributed by atoms with E-state index in [-0.39, 0.29) is 41.8 Å². The highest BCUT2D eigenvalue weighted by Crippen LogP contribution is 2.39. The molecule has 0 aromatic carbocycles. The van der Waals surface area contributed by atoms with Crippen molar-refractivity contribution in [2.24, 2.45) is 39.9 Å². The highest BCUT2D eigenvalue weighted by atomic mass is 28.4. The van der Waals surface area contributed by atoms with Crippen molar-refractivity contribution in [2.75, 3.05) is 13.1 Å². The Labute approximate surface area is 255 Å². The lowest BCUT2D eigenvalue weighted by Gasteiger charge is -2.43. The lowest BCUT2D eigenvalue weighted by molar-refractivity contribution is -0.130. The molecule has 0 aliphatic carbocycles. The molecule has 3 amide bonds. The number of primary amides is 1. The van der Waals surface area contributed by atoms with E-state index < -0.39 is 49.4 Å². The Morgan fingerprint density at radius 1 is 0.952 bits per heavy atom. The number of nitrogens with two attached hydrogens (primary N) is 1. The molecule has 0 aromatic heterocycles. The molecule has 12 heteroatoms. The second-order valence-electron chi connectivity index (χ2n) is 15.4. The quantitative estimate of drug-likeness (QED) is 0.0777. The monoisotopic (exact) mass is 612 g/mol. The van der Waals surface area contributed by atoms with Gasteiger partial charge in [0.2, 0.25) is 11.8 Å². The summed E-state index contributed by atoms with van der Waals surface area (Å²) >= 11 is 0. The van der Waals surface area contributed by atoms with Crippen LogP contribution in [0, 0.1) is 29.1 Å². The molecule has 0 saturated carbocycles. The predicted octanol–water partition coefficient (Wildman–Crippen LogP) is 6.53. The van der Waals surface area contributed by atoms with Crippen molar-refractivity contribution in [3.8, 4) is 0 Å². The van der Waals surface area contributed by atoms with Crippen LogP contribution in [0.25, 0.3) is 10.4 Å². The number of carbonyl (C=O) groups excluding carboxylic acids is 3. The Morgan fingerprint density at radius 2 is 1.50 bits per heavy atom. The van der Waals surface area contributed by atoms with Crippen molar-refractivity contribution in [1.29, 1.82) is 0 Å². The third kappa shape index (κ3) is 13.8. The summed E-state index contributed by atoms with van der Waals surface area (Å²) in [7, 11) is -2.40. The minimum absolute atomic E-state index is 0.0472. The fourth-order valence-corrected chi connectivity index (χ4v) is 5.47. The van der Waals surface area contributed by atoms with Crippen LogP contribution < -0.4 is 16.4 Å². The van der Waals surface area contributed by atoms with E-state index in [0.717, 1.165) is 0 Å². The molecule has 0 spiro atoms. The van der Waals surface area contributed by atoms with E-state index >= 15 is 0 Å². The van der Waals surface area contributed by atoms with Gasteiger partial charge in [-0.3, -0.25) is 9.59 Å². The van der Waals surface area contributed by atoms with Crippen LogP contribution >= 0.6 is 0 Å². The standard InChI is InChI=1S/C30H60N6O5Si/c1-19(2)21(17-34-36-32)15-23(35-27(39)40-28(5,6)7)24(41-42(13,14)29(8,9)10)16-22(20(3)4)25(37)33-18-30(11,12)26(31)38/h19-24H,15-18H2,1-14H3,(H2,31,38)(H,33,37)(H,35,39)/t21-,22+,23+,24+/m1/s1. The van der Waals surface area contributed by atoms with Crippen LogP contribution in [0.2, 0.25) is 18.1 Å². The molecule has 0 aromatic rings. The first kappa shape index (κ1) is 39.7. The molecule has 0 heterocycles. The second-order valence-corrected chi connectivity index (χ2v) is 20.1. The molecule has 4 N–H and O–H groups in total. The van der Waals surface area contributed by atoms with Crippen LogP contribution in [0.5, 0.6) is 0 Å². The number of azide groups is 1. The lowest BCUT2D eigenvalue weighted by atomic mass is 9.82. The summed E-state index contributed by atoms with van der Waals surface area (Å²) in [6.45, 7) is 27.9. The normalized spacial score (nSPS) is 15.8. The molecule has 11 nitrogen and oxygen atoms in total. The minimum Gasteiger partial charge on any atom is -0.444 e. The maximum absolute atomic E-state index is 13.6. The van der Waals surface area contributed by atoms with Crippen LogP contribution in [0.4, 0.5) is 4.79 Å². The number of hydrogen-bond acceptors (Lipinski definition) is 6. The van der Waals surface area contributed by atoms with E-state index in [9.17, 15) is 14.4 Å². The first-order valence-corrected chi connectivity index (χ1v) is 18.0. The van der Waals surface area contributed by atoms with Gasteiger partial charge in [-0.25, -0.2) is 4.79 Å². The Morgan fingerprint density at radius 3 is 1.90 bits per heavy atom. The zero-order valence-electron chi connectivity index (χ0n) is 28.8. The molecule has 0 saturated heterocycles. The van der Waals surface area contributed by atoms with Gasteiger partial charge in [-0.15, -0.1) is 0 Å². The highest BCUT2D eigenvalue weighted by molar-refractivity contribution is 6.74.